The van der Waals surface area contributed by atoms with Crippen LogP contribution in [0.2, 0.25) is 35.9 Å². The number of nitrogens with zero attached hydrogens (tertiary/aromatic N) is 3. The van der Waals surface area contributed by atoms with Gasteiger partial charge in [-0.2, -0.15) is 0 Å². The number of ether oxygens (including phenoxy) is 1. The first-order valence-electron chi connectivity index (χ1n) is 9.82. The summed E-state index contributed by atoms with van der Waals surface area (Å²) in [5.41, 5.74) is 1.23. The number of halogens is 3. The Morgan fingerprint density at radius 3 is 2.44 bits per heavy atom. The van der Waals surface area contributed by atoms with Gasteiger partial charge in [0.05, 0.1) is 16.1 Å². The van der Waals surface area contributed by atoms with Crippen LogP contribution in [-0.2, 0) is 21.3 Å². The molecule has 2 aromatic heterocycles. The molecule has 32 heavy (non-hydrogen) atoms. The average molecular weight is 516 g/mol. The molecule has 0 unspecified atom stereocenters. The van der Waals surface area contributed by atoms with Crippen molar-refractivity contribution in [3.63, 3.8) is 0 Å². The quantitative estimate of drug-likeness (QED) is 0.281. The molecule has 0 radical (unpaired) electrons. The smallest absolute Gasteiger partial charge is 0.175 e. The first-order chi connectivity index (χ1) is 14.9. The summed E-state index contributed by atoms with van der Waals surface area (Å²) in [7, 11) is -4.69. The van der Waals surface area contributed by atoms with Crippen LogP contribution in [0, 0.1) is 5.82 Å². The molecule has 0 atom stereocenters. The Morgan fingerprint density at radius 2 is 1.88 bits per heavy atom. The zero-order chi connectivity index (χ0) is 23.7. The summed E-state index contributed by atoms with van der Waals surface area (Å²) in [6.07, 6.45) is 2.21. The summed E-state index contributed by atoms with van der Waals surface area (Å²) in [6.45, 7) is 7.47. The molecule has 0 aliphatic rings. The Bertz CT molecular complexity index is 1230. The van der Waals surface area contributed by atoms with E-state index in [9.17, 15) is 12.8 Å². The number of imidazole rings is 1. The van der Waals surface area contributed by atoms with Gasteiger partial charge in [0.25, 0.3) is 0 Å². The Labute approximate surface area is 198 Å². The molecule has 0 aliphatic carbocycles. The molecule has 6 nitrogen and oxygen atoms in total. The number of sulfone groups is 1. The number of benzene rings is 1. The van der Waals surface area contributed by atoms with Crippen LogP contribution >= 0.6 is 23.2 Å². The molecule has 0 fully saturated rings. The number of hydrogen-bond donors (Lipinski definition) is 0. The maximum atomic E-state index is 13.4. The summed E-state index contributed by atoms with van der Waals surface area (Å²) in [5.74, 6) is -0.0785. The summed E-state index contributed by atoms with van der Waals surface area (Å²) < 4.78 is 44.6. The minimum atomic E-state index is -3.42. The average Bonchev–Trinajstić information content (AvgIpc) is 3.00. The molecule has 2 heterocycles. The van der Waals surface area contributed by atoms with E-state index in [2.05, 4.69) is 29.6 Å². The summed E-state index contributed by atoms with van der Waals surface area (Å²) in [4.78, 5) is 8.81. The third kappa shape index (κ3) is 5.96. The molecular weight excluding hydrogens is 492 g/mol. The Kier molecular flexibility index (Phi) is 7.46. The molecule has 11 heteroatoms. The van der Waals surface area contributed by atoms with Gasteiger partial charge in [0.1, 0.15) is 29.1 Å². The topological polar surface area (TPSA) is 74.1 Å². The van der Waals surface area contributed by atoms with Gasteiger partial charge in [-0.15, -0.1) is 0 Å². The van der Waals surface area contributed by atoms with Crippen LogP contribution in [0.25, 0.3) is 22.8 Å². The van der Waals surface area contributed by atoms with Crippen LogP contribution in [0.15, 0.2) is 41.4 Å². The first kappa shape index (κ1) is 24.9. The summed E-state index contributed by atoms with van der Waals surface area (Å²) >= 11 is 13.0. The third-order valence-electron chi connectivity index (χ3n) is 4.70. The van der Waals surface area contributed by atoms with Gasteiger partial charge in [0.2, 0.25) is 0 Å². The number of aromatic nitrogens is 3. The fraction of sp³-hybridized carbons (Fsp3) is 0.333. The molecule has 0 aliphatic heterocycles. The predicted octanol–water partition coefficient (Wildman–Crippen LogP) is 5.77. The lowest BCUT2D eigenvalue weighted by atomic mass is 10.2. The minimum absolute atomic E-state index is 0.0944. The molecule has 0 saturated carbocycles. The van der Waals surface area contributed by atoms with Crippen LogP contribution < -0.4 is 0 Å². The van der Waals surface area contributed by atoms with Gasteiger partial charge in [0.15, 0.2) is 15.7 Å². The SMILES string of the molecule is C[Si](C)(C)CCOCn1c(-c2ccc(F)cn2)nc(-c2ccc(S(C)(=O)=O)cc2Cl)c1Cl. The predicted molar refractivity (Wildman–Crippen MR) is 128 cm³/mol. The van der Waals surface area contributed by atoms with E-state index in [4.69, 9.17) is 27.9 Å². The van der Waals surface area contributed by atoms with E-state index in [-0.39, 0.29) is 21.8 Å². The van der Waals surface area contributed by atoms with Crippen molar-refractivity contribution in [1.29, 1.82) is 0 Å². The van der Waals surface area contributed by atoms with Crippen molar-refractivity contribution in [3.05, 3.63) is 52.5 Å². The Balaban J connectivity index is 2.03. The molecule has 172 valence electrons. The van der Waals surface area contributed by atoms with Gasteiger partial charge >= 0.3 is 0 Å². The van der Waals surface area contributed by atoms with Gasteiger partial charge in [-0.25, -0.2) is 22.8 Å². The first-order valence-corrected chi connectivity index (χ1v) is 16.2. The zero-order valence-electron chi connectivity index (χ0n) is 18.2. The van der Waals surface area contributed by atoms with Gasteiger partial charge in [0, 0.05) is 26.5 Å². The van der Waals surface area contributed by atoms with E-state index in [1.165, 1.54) is 24.3 Å². The second-order valence-corrected chi connectivity index (χ2v) is 17.0. The number of rotatable bonds is 8. The Hall–Kier alpha value is -1.78. The molecule has 1 aromatic carbocycles. The lowest BCUT2D eigenvalue weighted by molar-refractivity contribution is 0.0884. The van der Waals surface area contributed by atoms with E-state index in [0.29, 0.717) is 29.4 Å². The van der Waals surface area contributed by atoms with E-state index in [0.717, 1.165) is 18.5 Å². The fourth-order valence-electron chi connectivity index (χ4n) is 2.88. The van der Waals surface area contributed by atoms with E-state index < -0.39 is 23.7 Å². The second kappa shape index (κ2) is 9.60. The lowest BCUT2D eigenvalue weighted by Crippen LogP contribution is -2.22. The van der Waals surface area contributed by atoms with Crippen molar-refractivity contribution < 1.29 is 17.5 Å². The fourth-order valence-corrected chi connectivity index (χ4v) is 4.89. The highest BCUT2D eigenvalue weighted by atomic mass is 35.5. The van der Waals surface area contributed by atoms with Gasteiger partial charge < -0.3 is 4.74 Å². The van der Waals surface area contributed by atoms with Gasteiger partial charge in [-0.3, -0.25) is 4.57 Å². The van der Waals surface area contributed by atoms with Crippen LogP contribution in [-0.4, -0.2) is 43.9 Å². The summed E-state index contributed by atoms with van der Waals surface area (Å²) in [6, 6.07) is 8.15. The van der Waals surface area contributed by atoms with Gasteiger partial charge in [-0.1, -0.05) is 42.8 Å². The van der Waals surface area contributed by atoms with Crippen molar-refractivity contribution in [3.8, 4) is 22.8 Å². The minimum Gasteiger partial charge on any atom is -0.361 e. The summed E-state index contributed by atoms with van der Waals surface area (Å²) in [5, 5.41) is 0.450. The molecular formula is C21H24Cl2FN3O3SSi. The maximum Gasteiger partial charge on any atom is 0.175 e. The van der Waals surface area contributed by atoms with Crippen LogP contribution in [0.5, 0.6) is 0 Å². The monoisotopic (exact) mass is 515 g/mol. The normalized spacial score (nSPS) is 12.3. The highest BCUT2D eigenvalue weighted by Crippen LogP contribution is 2.37. The number of pyridine rings is 1. The van der Waals surface area contributed by atoms with E-state index >= 15 is 0 Å². The van der Waals surface area contributed by atoms with Crippen LogP contribution in [0.3, 0.4) is 0 Å². The molecule has 0 spiro atoms. The molecule has 0 saturated heterocycles. The van der Waals surface area contributed by atoms with Crippen molar-refractivity contribution in [2.75, 3.05) is 12.9 Å². The van der Waals surface area contributed by atoms with Crippen molar-refractivity contribution >= 4 is 41.1 Å². The number of hydrogen-bond acceptors (Lipinski definition) is 5. The van der Waals surface area contributed by atoms with Crippen molar-refractivity contribution in [2.45, 2.75) is 37.3 Å². The van der Waals surface area contributed by atoms with Crippen LogP contribution in [0.4, 0.5) is 4.39 Å². The molecule has 0 amide bonds. The molecule has 3 aromatic rings. The maximum absolute atomic E-state index is 13.4. The molecule has 0 bridgehead atoms. The van der Waals surface area contributed by atoms with E-state index in [1.807, 2.05) is 0 Å². The second-order valence-electron chi connectivity index (χ2n) is 8.63. The molecule has 3 rings (SSSR count). The van der Waals surface area contributed by atoms with Crippen molar-refractivity contribution in [1.82, 2.24) is 14.5 Å². The molecule has 0 N–H and O–H groups in total. The Morgan fingerprint density at radius 1 is 1.16 bits per heavy atom. The zero-order valence-corrected chi connectivity index (χ0v) is 21.5. The standard InChI is InChI=1S/C21H24Cl2FN3O3SSi/c1-31(28,29)15-6-7-16(17(22)11-15)19-20(23)27(13-30-9-10-32(2,3)4)21(26-19)18-8-5-14(24)12-25-18/h5-8,11-12H,9-10,13H2,1-4H3. The van der Waals surface area contributed by atoms with Gasteiger partial charge in [-0.05, 0) is 36.4 Å². The highest BCUT2D eigenvalue weighted by molar-refractivity contribution is 7.90. The lowest BCUT2D eigenvalue weighted by Gasteiger charge is -2.16. The highest BCUT2D eigenvalue weighted by Gasteiger charge is 2.22. The van der Waals surface area contributed by atoms with Crippen LogP contribution in [0.1, 0.15) is 0 Å². The third-order valence-corrected chi connectivity index (χ3v) is 8.21. The largest absolute Gasteiger partial charge is 0.361 e. The van der Waals surface area contributed by atoms with E-state index in [1.54, 1.807) is 10.6 Å². The van der Waals surface area contributed by atoms with Crippen molar-refractivity contribution in [2.24, 2.45) is 0 Å².